The van der Waals surface area contributed by atoms with E-state index in [0.717, 1.165) is 5.56 Å². The molecule has 1 aromatic rings. The Morgan fingerprint density at radius 2 is 1.95 bits per heavy atom. The number of hydrogen-bond donors (Lipinski definition) is 1. The molecule has 1 amide bonds. The minimum absolute atomic E-state index is 0.0177. The third kappa shape index (κ3) is 5.01. The smallest absolute Gasteiger partial charge is 0.240 e. The second-order valence-electron chi connectivity index (χ2n) is 4.91. The number of hydrogen-bond acceptors (Lipinski definition) is 3. The summed E-state index contributed by atoms with van der Waals surface area (Å²) in [6.45, 7) is 5.09. The van der Waals surface area contributed by atoms with Gasteiger partial charge in [-0.1, -0.05) is 30.3 Å². The molecule has 1 atom stereocenters. The molecule has 19 heavy (non-hydrogen) atoms. The molecule has 0 aliphatic heterocycles. The summed E-state index contributed by atoms with van der Waals surface area (Å²) in [7, 11) is 1.63. The number of carbonyl (C=O) groups excluding carboxylic acids is 1. The van der Waals surface area contributed by atoms with Crippen LogP contribution in [-0.2, 0) is 16.0 Å². The third-order valence-electron chi connectivity index (χ3n) is 3.06. The zero-order chi connectivity index (χ0) is 14.3. The van der Waals surface area contributed by atoms with Gasteiger partial charge in [0.1, 0.15) is 0 Å². The summed E-state index contributed by atoms with van der Waals surface area (Å²) in [5, 5.41) is 0. The lowest BCUT2D eigenvalue weighted by Gasteiger charge is -2.29. The van der Waals surface area contributed by atoms with Crippen molar-refractivity contribution in [1.82, 2.24) is 4.90 Å². The summed E-state index contributed by atoms with van der Waals surface area (Å²) in [5.41, 5.74) is 7.11. The van der Waals surface area contributed by atoms with Gasteiger partial charge in [0, 0.05) is 19.7 Å². The van der Waals surface area contributed by atoms with Crippen LogP contribution in [-0.4, -0.2) is 43.2 Å². The molecule has 2 N–H and O–H groups in total. The summed E-state index contributed by atoms with van der Waals surface area (Å²) >= 11 is 0. The highest BCUT2D eigenvalue weighted by molar-refractivity contribution is 5.82. The fraction of sp³-hybridized carbons (Fsp3) is 0.533. The Kier molecular flexibility index (Phi) is 6.53. The molecule has 0 fully saturated rings. The second-order valence-corrected chi connectivity index (χ2v) is 4.91. The number of carbonyl (C=O) groups is 1. The number of ether oxygens (including phenoxy) is 1. The van der Waals surface area contributed by atoms with Crippen molar-refractivity contribution in [3.8, 4) is 0 Å². The van der Waals surface area contributed by atoms with Crippen LogP contribution in [0.1, 0.15) is 19.4 Å². The van der Waals surface area contributed by atoms with E-state index >= 15 is 0 Å². The predicted molar refractivity (Wildman–Crippen MR) is 76.8 cm³/mol. The molecule has 0 spiro atoms. The predicted octanol–water partition coefficient (Wildman–Crippen LogP) is 1.44. The van der Waals surface area contributed by atoms with Crippen LogP contribution in [0.3, 0.4) is 0 Å². The molecule has 0 heterocycles. The molecule has 0 aliphatic rings. The Balaban J connectivity index is 2.63. The summed E-state index contributed by atoms with van der Waals surface area (Å²) < 4.78 is 5.04. The Morgan fingerprint density at radius 1 is 1.32 bits per heavy atom. The van der Waals surface area contributed by atoms with E-state index in [1.165, 1.54) is 0 Å². The van der Waals surface area contributed by atoms with Crippen molar-refractivity contribution >= 4 is 5.91 Å². The standard InChI is InChI=1S/C15H24N2O2/c1-12(2)17(9-10-19-3)15(18)14(16)11-13-7-5-4-6-8-13/h4-8,12,14H,9-11,16H2,1-3H3/t14-/m0/s1. The highest BCUT2D eigenvalue weighted by Gasteiger charge is 2.23. The van der Waals surface area contributed by atoms with Gasteiger partial charge in [-0.15, -0.1) is 0 Å². The van der Waals surface area contributed by atoms with Crippen molar-refractivity contribution in [2.24, 2.45) is 5.73 Å². The van der Waals surface area contributed by atoms with E-state index < -0.39 is 6.04 Å². The quantitative estimate of drug-likeness (QED) is 0.810. The van der Waals surface area contributed by atoms with Gasteiger partial charge in [-0.2, -0.15) is 0 Å². The lowest BCUT2D eigenvalue weighted by Crippen LogP contribution is -2.49. The number of benzene rings is 1. The summed E-state index contributed by atoms with van der Waals surface area (Å²) in [6.07, 6.45) is 0.565. The number of nitrogens with zero attached hydrogens (tertiary/aromatic N) is 1. The molecule has 4 nitrogen and oxygen atoms in total. The SMILES string of the molecule is COCCN(C(=O)[C@@H](N)Cc1ccccc1)C(C)C. The molecule has 0 aliphatic carbocycles. The first kappa shape index (κ1) is 15.7. The highest BCUT2D eigenvalue weighted by Crippen LogP contribution is 2.07. The molecule has 1 rings (SSSR count). The lowest BCUT2D eigenvalue weighted by atomic mass is 10.1. The van der Waals surface area contributed by atoms with Gasteiger partial charge in [0.2, 0.25) is 5.91 Å². The number of nitrogens with two attached hydrogens (primary N) is 1. The second kappa shape index (κ2) is 7.92. The van der Waals surface area contributed by atoms with Crippen molar-refractivity contribution in [3.63, 3.8) is 0 Å². The molecule has 0 saturated heterocycles. The Labute approximate surface area is 115 Å². The summed E-state index contributed by atoms with van der Waals surface area (Å²) in [6, 6.07) is 9.47. The Morgan fingerprint density at radius 3 is 2.47 bits per heavy atom. The largest absolute Gasteiger partial charge is 0.383 e. The van der Waals surface area contributed by atoms with Crippen LogP contribution in [0.5, 0.6) is 0 Å². The van der Waals surface area contributed by atoms with E-state index in [9.17, 15) is 4.79 Å². The fourth-order valence-corrected chi connectivity index (χ4v) is 1.98. The van der Waals surface area contributed by atoms with E-state index in [1.54, 1.807) is 12.0 Å². The average Bonchev–Trinajstić information content (AvgIpc) is 2.39. The Bertz CT molecular complexity index is 379. The van der Waals surface area contributed by atoms with E-state index in [-0.39, 0.29) is 11.9 Å². The van der Waals surface area contributed by atoms with Crippen molar-refractivity contribution in [3.05, 3.63) is 35.9 Å². The van der Waals surface area contributed by atoms with Gasteiger partial charge in [0.25, 0.3) is 0 Å². The number of amides is 1. The van der Waals surface area contributed by atoms with Gasteiger partial charge in [0.15, 0.2) is 0 Å². The van der Waals surface area contributed by atoms with Crippen molar-refractivity contribution in [1.29, 1.82) is 0 Å². The van der Waals surface area contributed by atoms with E-state index in [0.29, 0.717) is 19.6 Å². The fourth-order valence-electron chi connectivity index (χ4n) is 1.98. The molecule has 106 valence electrons. The summed E-state index contributed by atoms with van der Waals surface area (Å²) in [4.78, 5) is 14.1. The van der Waals surface area contributed by atoms with E-state index in [1.807, 2.05) is 44.2 Å². The molecule has 0 radical (unpaired) electrons. The average molecular weight is 264 g/mol. The lowest BCUT2D eigenvalue weighted by molar-refractivity contribution is -0.135. The maximum atomic E-state index is 12.3. The first-order valence-corrected chi connectivity index (χ1v) is 6.65. The normalized spacial score (nSPS) is 12.5. The van der Waals surface area contributed by atoms with E-state index in [2.05, 4.69) is 0 Å². The van der Waals surface area contributed by atoms with Crippen LogP contribution in [0.2, 0.25) is 0 Å². The molecule has 0 aromatic heterocycles. The maximum absolute atomic E-state index is 12.3. The van der Waals surface area contributed by atoms with Gasteiger partial charge < -0.3 is 15.4 Å². The molecule has 1 aromatic carbocycles. The summed E-state index contributed by atoms with van der Waals surface area (Å²) in [5.74, 6) is -0.0177. The molecule has 4 heteroatoms. The zero-order valence-electron chi connectivity index (χ0n) is 12.0. The molecule has 0 unspecified atom stereocenters. The maximum Gasteiger partial charge on any atom is 0.240 e. The van der Waals surface area contributed by atoms with Gasteiger partial charge >= 0.3 is 0 Å². The van der Waals surface area contributed by atoms with Crippen molar-refractivity contribution in [2.45, 2.75) is 32.4 Å². The minimum Gasteiger partial charge on any atom is -0.383 e. The van der Waals surface area contributed by atoms with Crippen LogP contribution in [0.15, 0.2) is 30.3 Å². The molecular formula is C15H24N2O2. The minimum atomic E-state index is -0.498. The number of methoxy groups -OCH3 is 1. The third-order valence-corrected chi connectivity index (χ3v) is 3.06. The van der Waals surface area contributed by atoms with Crippen LogP contribution in [0.4, 0.5) is 0 Å². The van der Waals surface area contributed by atoms with Gasteiger partial charge in [-0.25, -0.2) is 0 Å². The topological polar surface area (TPSA) is 55.6 Å². The molecule has 0 saturated carbocycles. The van der Waals surface area contributed by atoms with Gasteiger partial charge in [-0.3, -0.25) is 4.79 Å². The zero-order valence-corrected chi connectivity index (χ0v) is 12.0. The number of rotatable bonds is 7. The Hall–Kier alpha value is -1.39. The van der Waals surface area contributed by atoms with Gasteiger partial charge in [0.05, 0.1) is 12.6 Å². The van der Waals surface area contributed by atoms with Crippen LogP contribution in [0.25, 0.3) is 0 Å². The van der Waals surface area contributed by atoms with Crippen LogP contribution >= 0.6 is 0 Å². The van der Waals surface area contributed by atoms with Crippen LogP contribution < -0.4 is 5.73 Å². The van der Waals surface area contributed by atoms with Crippen LogP contribution in [0, 0.1) is 0 Å². The first-order valence-electron chi connectivity index (χ1n) is 6.65. The van der Waals surface area contributed by atoms with E-state index in [4.69, 9.17) is 10.5 Å². The van der Waals surface area contributed by atoms with Crippen molar-refractivity contribution < 1.29 is 9.53 Å². The van der Waals surface area contributed by atoms with Gasteiger partial charge in [-0.05, 0) is 25.8 Å². The molecule has 0 bridgehead atoms. The molecular weight excluding hydrogens is 240 g/mol. The highest BCUT2D eigenvalue weighted by atomic mass is 16.5. The van der Waals surface area contributed by atoms with Crippen molar-refractivity contribution in [2.75, 3.05) is 20.3 Å². The first-order chi connectivity index (χ1) is 9.06. The monoisotopic (exact) mass is 264 g/mol.